The first-order chi connectivity index (χ1) is 6.13. The van der Waals surface area contributed by atoms with E-state index in [4.69, 9.17) is 0 Å². The van der Waals surface area contributed by atoms with Gasteiger partial charge in [-0.3, -0.25) is 4.90 Å². The molecule has 0 spiro atoms. The summed E-state index contributed by atoms with van der Waals surface area (Å²) in [6, 6.07) is 2.08. The molecule has 2 nitrogen and oxygen atoms in total. The average Bonchev–Trinajstić information content (AvgIpc) is 2.26. The van der Waals surface area contributed by atoms with E-state index in [-0.39, 0.29) is 1.43 Å². The highest BCUT2D eigenvalue weighted by Gasteiger charge is 2.20. The molecule has 1 heterocycles. The fraction of sp³-hybridized carbons (Fsp3) is 1.00. The fourth-order valence-electron chi connectivity index (χ4n) is 2.09. The summed E-state index contributed by atoms with van der Waals surface area (Å²) in [4.78, 5) is 2.58. The monoisotopic (exact) mass is 187 g/mol. The van der Waals surface area contributed by atoms with Crippen LogP contribution < -0.4 is 5.32 Å². The van der Waals surface area contributed by atoms with Crippen molar-refractivity contribution in [3.63, 3.8) is 0 Å². The largest absolute Gasteiger partial charge is 0.310 e. The molecular weight excluding hydrogens is 160 g/mol. The minimum absolute atomic E-state index is 0. The lowest BCUT2D eigenvalue weighted by Gasteiger charge is -2.26. The Morgan fingerprint density at radius 2 is 2.23 bits per heavy atom. The van der Waals surface area contributed by atoms with E-state index in [1.807, 2.05) is 0 Å². The van der Waals surface area contributed by atoms with Crippen LogP contribution in [-0.2, 0) is 0 Å². The molecule has 0 aliphatic carbocycles. The van der Waals surface area contributed by atoms with Crippen LogP contribution in [0.1, 0.15) is 42.0 Å². The predicted molar refractivity (Wildman–Crippen MR) is 60.1 cm³/mol. The van der Waals surface area contributed by atoms with Crippen LogP contribution in [0.5, 0.6) is 0 Å². The Bertz CT molecular complexity index is 150. The molecule has 13 heavy (non-hydrogen) atoms. The molecule has 1 rings (SSSR count). The lowest BCUT2D eigenvalue weighted by atomic mass is 10.1. The van der Waals surface area contributed by atoms with Crippen LogP contribution in [0, 0.1) is 0 Å². The molecule has 1 unspecified atom stereocenters. The molecule has 0 amide bonds. The highest BCUT2D eigenvalue weighted by atomic mass is 15.2. The van der Waals surface area contributed by atoms with Gasteiger partial charge in [0, 0.05) is 26.1 Å². The van der Waals surface area contributed by atoms with E-state index in [1.54, 1.807) is 0 Å². The zero-order chi connectivity index (χ0) is 9.84. The van der Waals surface area contributed by atoms with Crippen LogP contribution in [0.15, 0.2) is 0 Å². The number of nitrogens with one attached hydrogen (secondary N) is 1. The maximum absolute atomic E-state index is 3.67. The molecule has 0 saturated carbocycles. The van der Waals surface area contributed by atoms with Gasteiger partial charge in [0.2, 0.25) is 0 Å². The van der Waals surface area contributed by atoms with E-state index in [0.29, 0.717) is 12.1 Å². The smallest absolute Gasteiger partial charge is 0.0169 e. The summed E-state index contributed by atoms with van der Waals surface area (Å²) in [5.74, 6) is 0. The van der Waals surface area contributed by atoms with Crippen LogP contribution in [0.25, 0.3) is 0 Å². The second kappa shape index (κ2) is 4.97. The van der Waals surface area contributed by atoms with E-state index in [2.05, 4.69) is 37.9 Å². The molecule has 0 aromatic heterocycles. The van der Waals surface area contributed by atoms with Crippen LogP contribution in [0.3, 0.4) is 0 Å². The average molecular weight is 187 g/mol. The van der Waals surface area contributed by atoms with Gasteiger partial charge < -0.3 is 5.32 Å². The van der Waals surface area contributed by atoms with Crippen molar-refractivity contribution in [1.29, 1.82) is 0 Å². The topological polar surface area (TPSA) is 15.3 Å². The van der Waals surface area contributed by atoms with Crippen molar-refractivity contribution in [3.05, 3.63) is 0 Å². The third-order valence-electron chi connectivity index (χ3n) is 3.02. The zero-order valence-corrected chi connectivity index (χ0v) is 9.51. The van der Waals surface area contributed by atoms with Crippen molar-refractivity contribution in [2.45, 2.75) is 58.7 Å². The number of hydrogen-bond donors (Lipinski definition) is 1. The fourth-order valence-corrected chi connectivity index (χ4v) is 2.09. The summed E-state index contributed by atoms with van der Waals surface area (Å²) >= 11 is 0. The van der Waals surface area contributed by atoms with Gasteiger partial charge in [-0.05, 0) is 40.2 Å². The van der Waals surface area contributed by atoms with E-state index in [1.165, 1.54) is 25.9 Å². The normalized spacial score (nSPS) is 32.1. The summed E-state index contributed by atoms with van der Waals surface area (Å²) in [5.41, 5.74) is 0. The van der Waals surface area contributed by atoms with E-state index < -0.39 is 0 Å². The van der Waals surface area contributed by atoms with Crippen molar-refractivity contribution in [1.82, 2.24) is 10.2 Å². The third kappa shape index (κ3) is 3.28. The van der Waals surface area contributed by atoms with Gasteiger partial charge in [-0.1, -0.05) is 6.92 Å². The summed E-state index contributed by atoms with van der Waals surface area (Å²) < 4.78 is 0. The molecule has 0 bridgehead atoms. The van der Waals surface area contributed by atoms with Crippen LogP contribution >= 0.6 is 0 Å². The molecule has 1 N–H and O–H groups in total. The second-order valence-corrected chi connectivity index (χ2v) is 4.55. The Kier molecular flexibility index (Phi) is 4.20. The Hall–Kier alpha value is -0.0800. The lowest BCUT2D eigenvalue weighted by Crippen LogP contribution is -2.40. The first-order valence-electron chi connectivity index (χ1n) is 5.63. The van der Waals surface area contributed by atoms with Gasteiger partial charge in [-0.15, -0.1) is 0 Å². The van der Waals surface area contributed by atoms with E-state index in [0.717, 1.165) is 6.04 Å². The SMILES string of the molecule is CCC1CCN(C(C)C)C[C@@H](C)N1.[2HH]. The third-order valence-corrected chi connectivity index (χ3v) is 3.02. The molecule has 2 atom stereocenters. The van der Waals surface area contributed by atoms with Gasteiger partial charge in [0.05, 0.1) is 0 Å². The van der Waals surface area contributed by atoms with Crippen molar-refractivity contribution in [2.24, 2.45) is 0 Å². The van der Waals surface area contributed by atoms with Crippen LogP contribution in [-0.4, -0.2) is 36.1 Å². The maximum Gasteiger partial charge on any atom is 0.0169 e. The van der Waals surface area contributed by atoms with Crippen molar-refractivity contribution >= 4 is 0 Å². The minimum atomic E-state index is 0. The molecule has 0 radical (unpaired) electrons. The summed E-state index contributed by atoms with van der Waals surface area (Å²) in [6.45, 7) is 11.6. The van der Waals surface area contributed by atoms with Gasteiger partial charge in [-0.2, -0.15) is 0 Å². The number of rotatable bonds is 2. The van der Waals surface area contributed by atoms with Crippen LogP contribution in [0.4, 0.5) is 0 Å². The quantitative estimate of drug-likeness (QED) is 0.712. The zero-order valence-electron chi connectivity index (χ0n) is 9.51. The molecule has 1 saturated heterocycles. The molecule has 1 aliphatic heterocycles. The van der Waals surface area contributed by atoms with Crippen molar-refractivity contribution < 1.29 is 1.43 Å². The lowest BCUT2D eigenvalue weighted by molar-refractivity contribution is 0.221. The molecule has 1 aliphatic rings. The molecule has 80 valence electrons. The Morgan fingerprint density at radius 3 is 2.77 bits per heavy atom. The molecule has 1 fully saturated rings. The predicted octanol–water partition coefficient (Wildman–Crippen LogP) is 2.10. The first kappa shape index (κ1) is 11.0. The Balaban J connectivity index is 0.00000169. The van der Waals surface area contributed by atoms with Gasteiger partial charge >= 0.3 is 0 Å². The minimum Gasteiger partial charge on any atom is -0.310 e. The van der Waals surface area contributed by atoms with Gasteiger partial charge in [0.1, 0.15) is 0 Å². The standard InChI is InChI=1S/C11H24N2.H2/c1-5-11-6-7-13(9(2)3)8-10(4)12-11;/h9-12H,5-8H2,1-4H3;1H/t10-,11?;/m1./s1/i;1+1. The highest BCUT2D eigenvalue weighted by molar-refractivity contribution is 4.80. The maximum atomic E-state index is 3.67. The molecular formula is C11H26N2. The Labute approximate surface area is 84.2 Å². The van der Waals surface area contributed by atoms with Gasteiger partial charge in [0.15, 0.2) is 0 Å². The van der Waals surface area contributed by atoms with Gasteiger partial charge in [0.25, 0.3) is 0 Å². The number of nitrogens with zero attached hydrogens (tertiary/aromatic N) is 1. The molecule has 0 aromatic carbocycles. The summed E-state index contributed by atoms with van der Waals surface area (Å²) in [7, 11) is 0. The highest BCUT2D eigenvalue weighted by Crippen LogP contribution is 2.10. The van der Waals surface area contributed by atoms with Crippen LogP contribution in [0.2, 0.25) is 0 Å². The van der Waals surface area contributed by atoms with E-state index in [9.17, 15) is 0 Å². The van der Waals surface area contributed by atoms with Crippen molar-refractivity contribution in [2.75, 3.05) is 13.1 Å². The molecule has 2 heteroatoms. The van der Waals surface area contributed by atoms with Crippen molar-refractivity contribution in [3.8, 4) is 0 Å². The summed E-state index contributed by atoms with van der Waals surface area (Å²) in [6.07, 6.45) is 2.56. The number of hydrogen-bond acceptors (Lipinski definition) is 2. The van der Waals surface area contributed by atoms with E-state index >= 15 is 0 Å². The summed E-state index contributed by atoms with van der Waals surface area (Å²) in [5, 5.41) is 3.67. The Morgan fingerprint density at radius 1 is 1.54 bits per heavy atom. The second-order valence-electron chi connectivity index (χ2n) is 4.55. The first-order valence-corrected chi connectivity index (χ1v) is 5.63. The molecule has 0 aromatic rings. The van der Waals surface area contributed by atoms with Gasteiger partial charge in [-0.25, -0.2) is 0 Å².